The van der Waals surface area contributed by atoms with E-state index < -0.39 is 63.8 Å². The molecule has 0 aliphatic carbocycles. The monoisotopic (exact) mass is 516 g/mol. The fraction of sp³-hybridized carbons (Fsp3) is 0.231. The summed E-state index contributed by atoms with van der Waals surface area (Å²) in [7, 11) is 0. The molecule has 0 unspecified atom stereocenters. The summed E-state index contributed by atoms with van der Waals surface area (Å²) in [6, 6.07) is 6.58. The highest BCUT2D eigenvalue weighted by Crippen LogP contribution is 2.36. The largest absolute Gasteiger partial charge is 0.429 e. The number of rotatable bonds is 10. The molecule has 0 atom stereocenters. The Morgan fingerprint density at radius 2 is 1.44 bits per heavy atom. The molecule has 0 spiro atoms. The number of hydrogen-bond donors (Lipinski definition) is 0. The lowest BCUT2D eigenvalue weighted by atomic mass is 10.0. The van der Waals surface area contributed by atoms with Crippen molar-refractivity contribution in [3.63, 3.8) is 0 Å². The van der Waals surface area contributed by atoms with Crippen molar-refractivity contribution in [2.45, 2.75) is 38.7 Å². The Morgan fingerprint density at radius 1 is 0.806 bits per heavy atom. The van der Waals surface area contributed by atoms with Crippen molar-refractivity contribution in [3.05, 3.63) is 95.3 Å². The lowest BCUT2D eigenvalue weighted by molar-refractivity contribution is -0.185. The van der Waals surface area contributed by atoms with Crippen LogP contribution in [0.25, 0.3) is 11.1 Å². The molecule has 0 aliphatic rings. The molecule has 0 saturated heterocycles. The summed E-state index contributed by atoms with van der Waals surface area (Å²) >= 11 is 0. The molecule has 0 bridgehead atoms. The van der Waals surface area contributed by atoms with Crippen molar-refractivity contribution in [1.29, 1.82) is 0 Å². The van der Waals surface area contributed by atoms with Gasteiger partial charge in [-0.2, -0.15) is 22.0 Å². The molecule has 0 aromatic heterocycles. The number of unbranched alkanes of at least 4 members (excludes halogenated alkanes) is 2. The van der Waals surface area contributed by atoms with Crippen molar-refractivity contribution in [2.75, 3.05) is 0 Å². The molecular weight excluding hydrogens is 496 g/mol. The Kier molecular flexibility index (Phi) is 8.60. The first-order chi connectivity index (χ1) is 17.0. The van der Waals surface area contributed by atoms with E-state index in [2.05, 4.69) is 16.4 Å². The van der Waals surface area contributed by atoms with Crippen LogP contribution in [0, 0.1) is 17.5 Å². The van der Waals surface area contributed by atoms with Gasteiger partial charge in [0, 0.05) is 11.6 Å². The second-order valence-corrected chi connectivity index (χ2v) is 7.82. The number of aryl methyl sites for hydroxylation is 1. The number of hydrogen-bond acceptors (Lipinski definition) is 2. The van der Waals surface area contributed by atoms with Gasteiger partial charge in [-0.05, 0) is 60.4 Å². The third kappa shape index (κ3) is 6.56. The lowest BCUT2D eigenvalue weighted by Gasteiger charge is -2.19. The molecule has 36 heavy (non-hydrogen) atoms. The van der Waals surface area contributed by atoms with Gasteiger partial charge in [-0.1, -0.05) is 31.9 Å². The van der Waals surface area contributed by atoms with Crippen molar-refractivity contribution >= 4 is 0 Å². The first-order valence-electron chi connectivity index (χ1n) is 10.9. The topological polar surface area (TPSA) is 18.5 Å². The van der Waals surface area contributed by atoms with Crippen LogP contribution in [0.2, 0.25) is 0 Å². The maximum Gasteiger partial charge on any atom is 0.426 e. The molecule has 3 aromatic carbocycles. The van der Waals surface area contributed by atoms with Gasteiger partial charge >= 0.3 is 18.2 Å². The molecule has 0 heterocycles. The van der Waals surface area contributed by atoms with Crippen LogP contribution in [-0.2, 0) is 12.5 Å². The predicted molar refractivity (Wildman–Crippen MR) is 117 cm³/mol. The zero-order valence-electron chi connectivity index (χ0n) is 18.9. The average Bonchev–Trinajstić information content (AvgIpc) is 2.81. The van der Waals surface area contributed by atoms with Crippen molar-refractivity contribution in [1.82, 2.24) is 0 Å². The van der Waals surface area contributed by atoms with Gasteiger partial charge < -0.3 is 9.47 Å². The Bertz CT molecular complexity index is 1210. The number of alkyl halides is 2. The molecule has 0 aliphatic heterocycles. The van der Waals surface area contributed by atoms with Crippen LogP contribution in [0.3, 0.4) is 0 Å². The van der Waals surface area contributed by atoms with E-state index >= 15 is 0 Å². The summed E-state index contributed by atoms with van der Waals surface area (Å²) in [6.45, 7) is 2.05. The summed E-state index contributed by atoms with van der Waals surface area (Å²) in [6.07, 6.45) is -2.99. The predicted octanol–water partition coefficient (Wildman–Crippen LogP) is 9.05. The van der Waals surface area contributed by atoms with Gasteiger partial charge in [0.05, 0.1) is 5.56 Å². The smallest absolute Gasteiger partial charge is 0.426 e. The fourth-order valence-corrected chi connectivity index (χ4v) is 3.39. The molecule has 0 saturated carbocycles. The quantitative estimate of drug-likeness (QED) is 0.152. The van der Waals surface area contributed by atoms with Gasteiger partial charge in [0.1, 0.15) is 11.6 Å². The van der Waals surface area contributed by atoms with Crippen molar-refractivity contribution in [2.24, 2.45) is 0 Å². The van der Waals surface area contributed by atoms with Gasteiger partial charge in [-0.3, -0.25) is 0 Å². The van der Waals surface area contributed by atoms with Crippen LogP contribution in [0.5, 0.6) is 11.5 Å². The first kappa shape index (κ1) is 27.0. The van der Waals surface area contributed by atoms with E-state index in [1.165, 1.54) is 12.1 Å². The zero-order valence-corrected chi connectivity index (χ0v) is 18.9. The summed E-state index contributed by atoms with van der Waals surface area (Å²) in [5, 5.41) is 0. The minimum atomic E-state index is -3.80. The van der Waals surface area contributed by atoms with Gasteiger partial charge in [-0.15, -0.1) is 0 Å². The van der Waals surface area contributed by atoms with Crippen LogP contribution in [0.4, 0.5) is 35.1 Å². The average molecular weight is 516 g/mol. The normalized spacial score (nSPS) is 11.4. The van der Waals surface area contributed by atoms with E-state index in [0.717, 1.165) is 43.4 Å². The Hall–Kier alpha value is -3.56. The fourth-order valence-electron chi connectivity index (χ4n) is 3.39. The Balaban J connectivity index is 1.78. The first-order valence-corrected chi connectivity index (χ1v) is 10.9. The third-order valence-electron chi connectivity index (χ3n) is 5.20. The molecule has 3 aromatic rings. The molecule has 192 valence electrons. The molecule has 0 N–H and O–H groups in total. The Labute approximate surface area is 201 Å². The van der Waals surface area contributed by atoms with Crippen LogP contribution in [0.1, 0.15) is 37.3 Å². The number of benzene rings is 3. The summed E-state index contributed by atoms with van der Waals surface area (Å²) in [5.41, 5.74) is -0.393. The van der Waals surface area contributed by atoms with Gasteiger partial charge in [-0.25, -0.2) is 13.2 Å². The second kappa shape index (κ2) is 11.5. The van der Waals surface area contributed by atoms with Gasteiger partial charge in [0.15, 0.2) is 11.6 Å². The van der Waals surface area contributed by atoms with Gasteiger partial charge in [0.25, 0.3) is 0 Å². The maximum atomic E-state index is 14.6. The highest BCUT2D eigenvalue weighted by atomic mass is 19.3. The van der Waals surface area contributed by atoms with E-state index in [4.69, 9.17) is 0 Å². The highest BCUT2D eigenvalue weighted by molar-refractivity contribution is 5.66. The molecular formula is C26H20F8O2. The lowest BCUT2D eigenvalue weighted by Crippen LogP contribution is -2.22. The molecule has 3 rings (SSSR count). The van der Waals surface area contributed by atoms with Crippen LogP contribution >= 0.6 is 0 Å². The van der Waals surface area contributed by atoms with Crippen LogP contribution in [-0.4, -0.2) is 0 Å². The summed E-state index contributed by atoms with van der Waals surface area (Å²) < 4.78 is 118. The maximum absolute atomic E-state index is 14.6. The minimum absolute atomic E-state index is 0.417. The zero-order chi connectivity index (χ0) is 26.5. The Morgan fingerprint density at radius 3 is 2.00 bits per heavy atom. The third-order valence-corrected chi connectivity index (χ3v) is 5.20. The number of halogens is 8. The van der Waals surface area contributed by atoms with E-state index in [1.807, 2.05) is 0 Å². The second-order valence-electron chi connectivity index (χ2n) is 7.82. The minimum Gasteiger partial charge on any atom is -0.429 e. The number of ether oxygens (including phenoxy) is 2. The van der Waals surface area contributed by atoms with E-state index in [9.17, 15) is 35.1 Å². The van der Waals surface area contributed by atoms with E-state index in [0.29, 0.717) is 18.2 Å². The molecule has 0 fully saturated rings. The van der Waals surface area contributed by atoms with E-state index in [1.54, 1.807) is 12.1 Å². The van der Waals surface area contributed by atoms with Crippen LogP contribution in [0.15, 0.2) is 66.7 Å². The van der Waals surface area contributed by atoms with Crippen molar-refractivity contribution < 1.29 is 44.6 Å². The summed E-state index contributed by atoms with van der Waals surface area (Å²) in [4.78, 5) is 0. The summed E-state index contributed by atoms with van der Waals surface area (Å²) in [5.74, 6) is -6.36. The standard InChI is InChI=1S/C26H20F8O2/c1-2-3-4-5-15-6-8-17(9-7-15)26(33,34)36-18-10-11-19(20(27)14-18)16-12-21(28)23(22(29)13-16)35-25(32)24(30)31/h6-14H,2-5H2,1H3. The highest BCUT2D eigenvalue weighted by Gasteiger charge is 2.34. The molecule has 0 radical (unpaired) electrons. The van der Waals surface area contributed by atoms with Crippen molar-refractivity contribution in [3.8, 4) is 22.6 Å². The molecule has 10 heteroatoms. The SMILES string of the molecule is CCCCCc1ccc(C(F)(F)Oc2ccc(-c3cc(F)c(OC(F)=C(F)F)c(F)c3)c(F)c2)cc1. The molecule has 2 nitrogen and oxygen atoms in total. The molecule has 0 amide bonds. The van der Waals surface area contributed by atoms with Gasteiger partial charge in [0.2, 0.25) is 5.75 Å². The van der Waals surface area contributed by atoms with Crippen LogP contribution < -0.4 is 9.47 Å². The van der Waals surface area contributed by atoms with E-state index in [-0.39, 0.29) is 0 Å².